The monoisotopic (exact) mass is 218 g/mol. The molecule has 0 radical (unpaired) electrons. The van der Waals surface area contributed by atoms with E-state index < -0.39 is 11.7 Å². The van der Waals surface area contributed by atoms with E-state index in [9.17, 15) is 9.18 Å². The van der Waals surface area contributed by atoms with Crippen molar-refractivity contribution < 1.29 is 9.18 Å². The quantitative estimate of drug-likeness (QED) is 0.487. The highest BCUT2D eigenvalue weighted by atomic mass is 31.0. The second-order valence-electron chi connectivity index (χ2n) is 3.76. The van der Waals surface area contributed by atoms with Crippen molar-refractivity contribution >= 4 is 15.3 Å². The van der Waals surface area contributed by atoms with E-state index in [-0.39, 0.29) is 12.1 Å². The van der Waals surface area contributed by atoms with E-state index in [0.717, 1.165) is 0 Å². The van der Waals surface area contributed by atoms with Gasteiger partial charge in [0.1, 0.15) is 0 Å². The first-order valence-electron chi connectivity index (χ1n) is 4.60. The smallest absolute Gasteiger partial charge is 0.282 e. The lowest BCUT2D eigenvalue weighted by molar-refractivity contribution is -0.131. The number of piperazine rings is 1. The average Bonchev–Trinajstić information content (AvgIpc) is 2.12. The zero-order valence-corrected chi connectivity index (χ0v) is 9.69. The standard InChI is InChI=1S/C9H16FN2OP/c1-6-4-11(9(13)8(3)10)5-7(2)12(6)14/h6-7H,3-5,14H2,1-2H3. The third-order valence-electron chi connectivity index (χ3n) is 2.51. The van der Waals surface area contributed by atoms with Crippen LogP contribution in [0.4, 0.5) is 4.39 Å². The highest BCUT2D eigenvalue weighted by Crippen LogP contribution is 2.20. The first-order valence-corrected chi connectivity index (χ1v) is 5.11. The summed E-state index contributed by atoms with van der Waals surface area (Å²) in [5, 5.41) is 0. The Kier molecular flexibility index (Phi) is 3.62. The molecule has 1 amide bonds. The number of carbonyl (C=O) groups is 1. The summed E-state index contributed by atoms with van der Waals surface area (Å²) in [4.78, 5) is 12.8. The van der Waals surface area contributed by atoms with Gasteiger partial charge in [-0.2, -0.15) is 0 Å². The van der Waals surface area contributed by atoms with Crippen molar-refractivity contribution in [3.63, 3.8) is 0 Å². The minimum Gasteiger partial charge on any atom is -0.334 e. The summed E-state index contributed by atoms with van der Waals surface area (Å²) in [5.41, 5.74) is 0. The lowest BCUT2D eigenvalue weighted by Gasteiger charge is -2.41. The SMILES string of the molecule is C=C(F)C(=O)N1CC(C)N(P)C(C)C1. The van der Waals surface area contributed by atoms with Crippen LogP contribution in [0.3, 0.4) is 0 Å². The third kappa shape index (κ3) is 2.31. The zero-order chi connectivity index (χ0) is 10.9. The molecule has 0 N–H and O–H groups in total. The normalized spacial score (nSPS) is 29.0. The Balaban J connectivity index is 2.67. The van der Waals surface area contributed by atoms with Crippen LogP contribution < -0.4 is 0 Å². The molecule has 3 atom stereocenters. The molecule has 80 valence electrons. The van der Waals surface area contributed by atoms with Crippen LogP contribution in [-0.4, -0.2) is 40.7 Å². The molecule has 0 aromatic carbocycles. The van der Waals surface area contributed by atoms with Gasteiger partial charge in [-0.25, -0.2) is 4.39 Å². The second-order valence-corrected chi connectivity index (χ2v) is 4.36. The summed E-state index contributed by atoms with van der Waals surface area (Å²) in [6, 6.07) is 0.457. The van der Waals surface area contributed by atoms with Crippen LogP contribution >= 0.6 is 9.39 Å². The highest BCUT2D eigenvalue weighted by Gasteiger charge is 2.30. The number of hydrogen-bond acceptors (Lipinski definition) is 2. The second kappa shape index (κ2) is 4.37. The Labute approximate surface area is 86.2 Å². The average molecular weight is 218 g/mol. The van der Waals surface area contributed by atoms with Gasteiger partial charge in [-0.1, -0.05) is 16.0 Å². The maximum Gasteiger partial charge on any atom is 0.282 e. The molecule has 1 heterocycles. The maximum absolute atomic E-state index is 12.6. The van der Waals surface area contributed by atoms with Gasteiger partial charge in [-0.05, 0) is 13.8 Å². The van der Waals surface area contributed by atoms with Gasteiger partial charge in [0.2, 0.25) is 0 Å². The van der Waals surface area contributed by atoms with Crippen LogP contribution in [0, 0.1) is 0 Å². The molecule has 1 saturated heterocycles. The van der Waals surface area contributed by atoms with E-state index in [4.69, 9.17) is 0 Å². The summed E-state index contributed by atoms with van der Waals surface area (Å²) < 4.78 is 14.7. The van der Waals surface area contributed by atoms with Crippen molar-refractivity contribution in [2.45, 2.75) is 25.9 Å². The number of carbonyl (C=O) groups excluding carboxylic acids is 1. The van der Waals surface area contributed by atoms with Gasteiger partial charge in [0.25, 0.3) is 5.91 Å². The fourth-order valence-corrected chi connectivity index (χ4v) is 1.86. The number of amides is 1. The number of rotatable bonds is 1. The van der Waals surface area contributed by atoms with Crippen molar-refractivity contribution in [2.24, 2.45) is 0 Å². The molecule has 0 bridgehead atoms. The fraction of sp³-hybridized carbons (Fsp3) is 0.667. The molecular formula is C9H16FN2OP. The molecule has 0 aromatic rings. The minimum absolute atomic E-state index is 0.229. The number of nitrogens with zero attached hydrogens (tertiary/aromatic N) is 2. The number of hydrogen-bond donors (Lipinski definition) is 0. The molecular weight excluding hydrogens is 202 g/mol. The molecule has 0 saturated carbocycles. The Hall–Kier alpha value is -0.470. The summed E-state index contributed by atoms with van der Waals surface area (Å²) in [6.07, 6.45) is 0. The number of halogens is 1. The van der Waals surface area contributed by atoms with E-state index in [2.05, 4.69) is 20.6 Å². The van der Waals surface area contributed by atoms with E-state index in [1.165, 1.54) is 4.90 Å². The summed E-state index contributed by atoms with van der Waals surface area (Å²) in [5.74, 6) is -1.46. The van der Waals surface area contributed by atoms with Crippen LogP contribution in [0.2, 0.25) is 0 Å². The van der Waals surface area contributed by atoms with Crippen LogP contribution in [0.5, 0.6) is 0 Å². The molecule has 5 heteroatoms. The first-order chi connectivity index (χ1) is 6.43. The molecule has 0 aromatic heterocycles. The van der Waals surface area contributed by atoms with Crippen LogP contribution in [0.1, 0.15) is 13.8 Å². The Morgan fingerprint density at radius 2 is 1.86 bits per heavy atom. The van der Waals surface area contributed by atoms with Crippen molar-refractivity contribution in [3.05, 3.63) is 12.4 Å². The van der Waals surface area contributed by atoms with Crippen molar-refractivity contribution in [1.82, 2.24) is 9.57 Å². The van der Waals surface area contributed by atoms with Crippen molar-refractivity contribution in [2.75, 3.05) is 13.1 Å². The predicted octanol–water partition coefficient (Wildman–Crippen LogP) is 1.18. The van der Waals surface area contributed by atoms with Gasteiger partial charge >= 0.3 is 0 Å². The molecule has 1 aliphatic rings. The van der Waals surface area contributed by atoms with Crippen LogP contribution in [0.25, 0.3) is 0 Å². The largest absolute Gasteiger partial charge is 0.334 e. The Bertz CT molecular complexity index is 247. The molecule has 1 aliphatic heterocycles. The molecule has 1 rings (SSSR count). The fourth-order valence-electron chi connectivity index (χ4n) is 1.67. The maximum atomic E-state index is 12.6. The van der Waals surface area contributed by atoms with Gasteiger partial charge in [0.05, 0.1) is 0 Å². The van der Waals surface area contributed by atoms with E-state index in [1.807, 2.05) is 13.8 Å². The lowest BCUT2D eigenvalue weighted by atomic mass is 10.1. The van der Waals surface area contributed by atoms with Crippen molar-refractivity contribution in [1.29, 1.82) is 0 Å². The van der Waals surface area contributed by atoms with E-state index in [0.29, 0.717) is 13.1 Å². The summed E-state index contributed by atoms with van der Waals surface area (Å²) in [7, 11) is 2.64. The topological polar surface area (TPSA) is 23.6 Å². The van der Waals surface area contributed by atoms with Gasteiger partial charge < -0.3 is 4.90 Å². The van der Waals surface area contributed by atoms with Crippen molar-refractivity contribution in [3.8, 4) is 0 Å². The molecule has 14 heavy (non-hydrogen) atoms. The molecule has 3 nitrogen and oxygen atoms in total. The molecule has 0 aliphatic carbocycles. The molecule has 3 unspecified atom stereocenters. The van der Waals surface area contributed by atoms with E-state index >= 15 is 0 Å². The van der Waals surface area contributed by atoms with E-state index in [1.54, 1.807) is 0 Å². The first kappa shape index (κ1) is 11.6. The minimum atomic E-state index is -0.874. The van der Waals surface area contributed by atoms with Crippen LogP contribution in [-0.2, 0) is 4.79 Å². The van der Waals surface area contributed by atoms with Gasteiger partial charge in [-0.15, -0.1) is 0 Å². The molecule has 0 spiro atoms. The summed E-state index contributed by atoms with van der Waals surface area (Å²) >= 11 is 0. The summed E-state index contributed by atoms with van der Waals surface area (Å²) in [6.45, 7) is 8.13. The van der Waals surface area contributed by atoms with Gasteiger partial charge in [0.15, 0.2) is 5.83 Å². The Morgan fingerprint density at radius 3 is 2.21 bits per heavy atom. The van der Waals surface area contributed by atoms with Gasteiger partial charge in [0, 0.05) is 25.2 Å². The van der Waals surface area contributed by atoms with Gasteiger partial charge in [-0.3, -0.25) is 9.46 Å². The predicted molar refractivity (Wildman–Crippen MR) is 57.3 cm³/mol. The molecule has 1 fully saturated rings. The zero-order valence-electron chi connectivity index (χ0n) is 8.53. The Morgan fingerprint density at radius 1 is 1.43 bits per heavy atom. The highest BCUT2D eigenvalue weighted by molar-refractivity contribution is 7.13. The van der Waals surface area contributed by atoms with Crippen LogP contribution in [0.15, 0.2) is 12.4 Å². The lowest BCUT2D eigenvalue weighted by Crippen LogP contribution is -2.54. The third-order valence-corrected chi connectivity index (χ3v) is 3.52.